The Morgan fingerprint density at radius 2 is 2.12 bits per heavy atom. The summed E-state index contributed by atoms with van der Waals surface area (Å²) in [6.07, 6.45) is 0. The highest BCUT2D eigenvalue weighted by molar-refractivity contribution is 6.34. The number of benzene rings is 1. The van der Waals surface area contributed by atoms with Crippen LogP contribution in [0.15, 0.2) is 12.1 Å². The number of nitrogen functional groups attached to an aromatic ring is 1. The molecule has 0 atom stereocenters. The van der Waals surface area contributed by atoms with E-state index >= 15 is 0 Å². The van der Waals surface area contributed by atoms with Gasteiger partial charge in [0, 0.05) is 14.1 Å². The maximum atomic E-state index is 11.5. The van der Waals surface area contributed by atoms with Crippen LogP contribution >= 0.6 is 11.6 Å². The Balaban J connectivity index is 3.14. The minimum atomic E-state index is -0.415. The number of carbonyl (C=O) groups is 1. The maximum absolute atomic E-state index is 11.5. The summed E-state index contributed by atoms with van der Waals surface area (Å²) in [6, 6.07) is 3.13. The zero-order chi connectivity index (χ0) is 12.3. The lowest BCUT2D eigenvalue weighted by Gasteiger charge is -2.17. The van der Waals surface area contributed by atoms with E-state index in [1.165, 1.54) is 0 Å². The minimum Gasteiger partial charge on any atom is -0.462 e. The van der Waals surface area contributed by atoms with Crippen LogP contribution in [0, 0.1) is 0 Å². The van der Waals surface area contributed by atoms with Crippen LogP contribution in [0.1, 0.15) is 17.3 Å². The molecule has 0 aromatic heterocycles. The van der Waals surface area contributed by atoms with E-state index < -0.39 is 5.97 Å². The fourth-order valence-electron chi connectivity index (χ4n) is 1.42. The summed E-state index contributed by atoms with van der Waals surface area (Å²) >= 11 is 6.04. The van der Waals surface area contributed by atoms with Gasteiger partial charge in [0.15, 0.2) is 0 Å². The topological polar surface area (TPSA) is 55.6 Å². The number of halogens is 1. The molecule has 0 fully saturated rings. The van der Waals surface area contributed by atoms with Crippen LogP contribution < -0.4 is 10.6 Å². The summed E-state index contributed by atoms with van der Waals surface area (Å²) in [7, 11) is 3.67. The van der Waals surface area contributed by atoms with Gasteiger partial charge in [0.2, 0.25) is 0 Å². The number of nitrogens with two attached hydrogens (primary N) is 1. The molecule has 4 nitrogen and oxygen atoms in total. The Hall–Kier alpha value is -1.42. The third kappa shape index (κ3) is 2.58. The van der Waals surface area contributed by atoms with E-state index in [2.05, 4.69) is 0 Å². The zero-order valence-corrected chi connectivity index (χ0v) is 10.3. The number of nitrogens with zero attached hydrogens (tertiary/aromatic N) is 1. The van der Waals surface area contributed by atoms with Crippen molar-refractivity contribution >= 4 is 28.9 Å². The summed E-state index contributed by atoms with van der Waals surface area (Å²) in [5, 5.41) is 0.438. The van der Waals surface area contributed by atoms with E-state index in [0.29, 0.717) is 28.6 Å². The predicted octanol–water partition coefficient (Wildman–Crippen LogP) is 2.16. The number of esters is 1. The van der Waals surface area contributed by atoms with Crippen molar-refractivity contribution in [2.75, 3.05) is 31.3 Å². The average molecular weight is 243 g/mol. The van der Waals surface area contributed by atoms with E-state index in [1.54, 1.807) is 24.0 Å². The summed E-state index contributed by atoms with van der Waals surface area (Å²) in [6.45, 7) is 2.07. The fourth-order valence-corrected chi connectivity index (χ4v) is 1.82. The normalized spacial score (nSPS) is 10.0. The second-order valence-electron chi connectivity index (χ2n) is 3.51. The molecular formula is C11H15ClN2O2. The highest BCUT2D eigenvalue weighted by Crippen LogP contribution is 2.32. The Labute approximate surface area is 99.9 Å². The molecule has 0 saturated heterocycles. The molecule has 0 heterocycles. The van der Waals surface area contributed by atoms with Gasteiger partial charge in [0.25, 0.3) is 0 Å². The molecule has 0 aliphatic heterocycles. The molecule has 0 saturated carbocycles. The first-order chi connectivity index (χ1) is 7.47. The molecule has 2 N–H and O–H groups in total. The van der Waals surface area contributed by atoms with Gasteiger partial charge in [-0.2, -0.15) is 0 Å². The average Bonchev–Trinajstić information content (AvgIpc) is 2.16. The van der Waals surface area contributed by atoms with E-state index in [-0.39, 0.29) is 0 Å². The van der Waals surface area contributed by atoms with Crippen LogP contribution in [0.3, 0.4) is 0 Å². The quantitative estimate of drug-likeness (QED) is 0.652. The van der Waals surface area contributed by atoms with Gasteiger partial charge in [-0.25, -0.2) is 4.79 Å². The molecule has 0 unspecified atom stereocenters. The number of hydrogen-bond donors (Lipinski definition) is 1. The standard InChI is InChI=1S/C11H15ClN2O2/c1-4-16-11(15)7-5-8(12)10(14(2)3)9(13)6-7/h5-6H,4,13H2,1-3H3. The molecule has 5 heteroatoms. The smallest absolute Gasteiger partial charge is 0.338 e. The highest BCUT2D eigenvalue weighted by atomic mass is 35.5. The molecule has 1 aromatic rings. The van der Waals surface area contributed by atoms with Gasteiger partial charge >= 0.3 is 5.97 Å². The van der Waals surface area contributed by atoms with Crippen molar-refractivity contribution in [1.82, 2.24) is 0 Å². The van der Waals surface area contributed by atoms with Crippen LogP contribution in [-0.2, 0) is 4.74 Å². The molecule has 1 aromatic carbocycles. The van der Waals surface area contributed by atoms with E-state index in [9.17, 15) is 4.79 Å². The lowest BCUT2D eigenvalue weighted by molar-refractivity contribution is 0.0526. The lowest BCUT2D eigenvalue weighted by atomic mass is 10.1. The molecule has 0 bridgehead atoms. The Morgan fingerprint density at radius 3 is 2.56 bits per heavy atom. The van der Waals surface area contributed by atoms with E-state index in [4.69, 9.17) is 22.1 Å². The molecule has 1 rings (SSSR count). The molecular weight excluding hydrogens is 228 g/mol. The van der Waals surface area contributed by atoms with Crippen LogP contribution in [0.25, 0.3) is 0 Å². The highest BCUT2D eigenvalue weighted by Gasteiger charge is 2.14. The summed E-state index contributed by atoms with van der Waals surface area (Å²) in [5.41, 5.74) is 7.36. The van der Waals surface area contributed by atoms with Gasteiger partial charge < -0.3 is 15.4 Å². The second-order valence-corrected chi connectivity index (χ2v) is 3.92. The van der Waals surface area contributed by atoms with Crippen molar-refractivity contribution in [3.63, 3.8) is 0 Å². The lowest BCUT2D eigenvalue weighted by Crippen LogP contribution is -2.13. The second kappa shape index (κ2) is 5.07. The van der Waals surface area contributed by atoms with Gasteiger partial charge in [-0.15, -0.1) is 0 Å². The maximum Gasteiger partial charge on any atom is 0.338 e. The van der Waals surface area contributed by atoms with Gasteiger partial charge in [0.1, 0.15) is 0 Å². The van der Waals surface area contributed by atoms with Gasteiger partial charge in [-0.05, 0) is 19.1 Å². The van der Waals surface area contributed by atoms with E-state index in [0.717, 1.165) is 0 Å². The first-order valence-electron chi connectivity index (χ1n) is 4.90. The Bertz CT molecular complexity index is 382. The van der Waals surface area contributed by atoms with Crippen molar-refractivity contribution in [2.24, 2.45) is 0 Å². The van der Waals surface area contributed by atoms with Crippen molar-refractivity contribution in [2.45, 2.75) is 6.92 Å². The number of rotatable bonds is 3. The largest absolute Gasteiger partial charge is 0.462 e. The summed E-state index contributed by atoms with van der Waals surface area (Å²) in [5.74, 6) is -0.415. The van der Waals surface area contributed by atoms with Gasteiger partial charge in [-0.1, -0.05) is 11.6 Å². The number of hydrogen-bond acceptors (Lipinski definition) is 4. The molecule has 0 aliphatic carbocycles. The molecule has 0 radical (unpaired) electrons. The van der Waals surface area contributed by atoms with Crippen molar-refractivity contribution in [1.29, 1.82) is 0 Å². The fraction of sp³-hybridized carbons (Fsp3) is 0.364. The zero-order valence-electron chi connectivity index (χ0n) is 9.58. The van der Waals surface area contributed by atoms with Crippen LogP contribution in [0.2, 0.25) is 5.02 Å². The SMILES string of the molecule is CCOC(=O)c1cc(N)c(N(C)C)c(Cl)c1. The third-order valence-corrected chi connectivity index (χ3v) is 2.34. The molecule has 16 heavy (non-hydrogen) atoms. The molecule has 0 amide bonds. The summed E-state index contributed by atoms with van der Waals surface area (Å²) < 4.78 is 4.87. The third-order valence-electron chi connectivity index (χ3n) is 2.05. The predicted molar refractivity (Wildman–Crippen MR) is 66.1 cm³/mol. The number of carbonyl (C=O) groups excluding carboxylic acids is 1. The first-order valence-corrected chi connectivity index (χ1v) is 5.28. The van der Waals surface area contributed by atoms with Crippen molar-refractivity contribution < 1.29 is 9.53 Å². The van der Waals surface area contributed by atoms with Crippen LogP contribution in [0.5, 0.6) is 0 Å². The minimum absolute atomic E-state index is 0.325. The molecule has 0 spiro atoms. The van der Waals surface area contributed by atoms with Crippen molar-refractivity contribution in [3.8, 4) is 0 Å². The Kier molecular flexibility index (Phi) is 4.01. The van der Waals surface area contributed by atoms with Gasteiger partial charge in [0.05, 0.1) is 28.6 Å². The van der Waals surface area contributed by atoms with Gasteiger partial charge in [-0.3, -0.25) is 0 Å². The molecule has 0 aliphatic rings. The summed E-state index contributed by atoms with van der Waals surface area (Å²) in [4.78, 5) is 13.3. The first kappa shape index (κ1) is 12.6. The van der Waals surface area contributed by atoms with Crippen molar-refractivity contribution in [3.05, 3.63) is 22.7 Å². The number of anilines is 2. The number of ether oxygens (including phenoxy) is 1. The van der Waals surface area contributed by atoms with Crippen LogP contribution in [0.4, 0.5) is 11.4 Å². The van der Waals surface area contributed by atoms with Crippen LogP contribution in [-0.4, -0.2) is 26.7 Å². The molecule has 88 valence electrons. The monoisotopic (exact) mass is 242 g/mol. The Morgan fingerprint density at radius 1 is 1.50 bits per heavy atom. The van der Waals surface area contributed by atoms with E-state index in [1.807, 2.05) is 14.1 Å².